The predicted molar refractivity (Wildman–Crippen MR) is 66.3 cm³/mol. The Morgan fingerprint density at radius 3 is 2.75 bits per heavy atom. The number of sulfonamides is 1. The highest BCUT2D eigenvalue weighted by atomic mass is 35.5. The van der Waals surface area contributed by atoms with Gasteiger partial charge < -0.3 is 0 Å². The van der Waals surface area contributed by atoms with E-state index in [9.17, 15) is 8.42 Å². The van der Waals surface area contributed by atoms with Crippen LogP contribution in [0.5, 0.6) is 0 Å². The van der Waals surface area contributed by atoms with Gasteiger partial charge >= 0.3 is 0 Å². The van der Waals surface area contributed by atoms with Gasteiger partial charge in [0.2, 0.25) is 10.0 Å². The van der Waals surface area contributed by atoms with Crippen LogP contribution in [0, 0.1) is 6.92 Å². The minimum Gasteiger partial charge on any atom is -0.267 e. The first kappa shape index (κ1) is 13.3. The molecule has 1 aromatic heterocycles. The Kier molecular flexibility index (Phi) is 5.02. The van der Waals surface area contributed by atoms with E-state index in [1.807, 2.05) is 13.0 Å². The van der Waals surface area contributed by atoms with E-state index in [0.717, 1.165) is 5.69 Å². The van der Waals surface area contributed by atoms with E-state index < -0.39 is 10.0 Å². The topological polar surface area (TPSA) is 59.1 Å². The Labute approximate surface area is 101 Å². The molecule has 1 aromatic rings. The number of hydrogen-bond acceptors (Lipinski definition) is 3. The molecule has 6 heteroatoms. The summed E-state index contributed by atoms with van der Waals surface area (Å²) in [5.41, 5.74) is 0.779. The molecule has 0 spiro atoms. The molecule has 0 aliphatic rings. The number of pyridine rings is 1. The maximum absolute atomic E-state index is 11.6. The van der Waals surface area contributed by atoms with Crippen LogP contribution in [0.3, 0.4) is 0 Å². The van der Waals surface area contributed by atoms with Gasteiger partial charge in [-0.05, 0) is 31.9 Å². The number of aromatic nitrogens is 1. The Morgan fingerprint density at radius 1 is 1.38 bits per heavy atom. The maximum Gasteiger partial charge on any atom is 0.233 e. The van der Waals surface area contributed by atoms with Gasteiger partial charge in [0.1, 0.15) is 5.82 Å². The van der Waals surface area contributed by atoms with E-state index >= 15 is 0 Å². The Morgan fingerprint density at radius 2 is 2.12 bits per heavy atom. The lowest BCUT2D eigenvalue weighted by atomic mass is 10.4. The highest BCUT2D eigenvalue weighted by Gasteiger charge is 2.10. The zero-order chi connectivity index (χ0) is 12.0. The quantitative estimate of drug-likeness (QED) is 0.631. The largest absolute Gasteiger partial charge is 0.267 e. The first-order valence-electron chi connectivity index (χ1n) is 5.03. The van der Waals surface area contributed by atoms with Crippen LogP contribution in [-0.2, 0) is 10.0 Å². The third kappa shape index (κ3) is 4.81. The van der Waals surface area contributed by atoms with Crippen molar-refractivity contribution in [2.45, 2.75) is 19.8 Å². The van der Waals surface area contributed by atoms with E-state index in [4.69, 9.17) is 11.6 Å². The minimum absolute atomic E-state index is 0.0787. The standard InChI is InChI=1S/C10H15ClN2O2S/c1-9-5-4-6-10(12-9)13-16(14,15)8-3-2-7-11/h4-6H,2-3,7-8H2,1H3,(H,12,13). The highest BCUT2D eigenvalue weighted by molar-refractivity contribution is 7.92. The van der Waals surface area contributed by atoms with Crippen molar-refractivity contribution in [3.63, 3.8) is 0 Å². The van der Waals surface area contributed by atoms with Crippen LogP contribution in [0.15, 0.2) is 18.2 Å². The normalized spacial score (nSPS) is 11.4. The van der Waals surface area contributed by atoms with Gasteiger partial charge in [-0.3, -0.25) is 4.72 Å². The summed E-state index contributed by atoms with van der Waals surface area (Å²) in [6.07, 6.45) is 1.26. The summed E-state index contributed by atoms with van der Waals surface area (Å²) >= 11 is 5.48. The molecule has 0 amide bonds. The van der Waals surface area contributed by atoms with E-state index in [0.29, 0.717) is 24.5 Å². The number of nitrogens with zero attached hydrogens (tertiary/aromatic N) is 1. The molecule has 1 N–H and O–H groups in total. The van der Waals surface area contributed by atoms with Gasteiger partial charge in [-0.15, -0.1) is 11.6 Å². The monoisotopic (exact) mass is 262 g/mol. The van der Waals surface area contributed by atoms with Gasteiger partial charge in [-0.1, -0.05) is 6.07 Å². The molecule has 0 aliphatic heterocycles. The van der Waals surface area contributed by atoms with Crippen molar-refractivity contribution in [1.29, 1.82) is 0 Å². The van der Waals surface area contributed by atoms with Gasteiger partial charge in [0.15, 0.2) is 0 Å². The van der Waals surface area contributed by atoms with Crippen LogP contribution in [0.2, 0.25) is 0 Å². The Balaban J connectivity index is 2.59. The van der Waals surface area contributed by atoms with Gasteiger partial charge in [-0.25, -0.2) is 13.4 Å². The van der Waals surface area contributed by atoms with Crippen molar-refractivity contribution in [3.05, 3.63) is 23.9 Å². The second kappa shape index (κ2) is 6.06. The number of anilines is 1. The van der Waals surface area contributed by atoms with Crippen LogP contribution in [-0.4, -0.2) is 25.0 Å². The summed E-state index contributed by atoms with van der Waals surface area (Å²) in [4.78, 5) is 4.07. The zero-order valence-corrected chi connectivity index (χ0v) is 10.7. The van der Waals surface area contributed by atoms with Crippen molar-refractivity contribution in [1.82, 2.24) is 4.98 Å². The van der Waals surface area contributed by atoms with Crippen molar-refractivity contribution in [2.24, 2.45) is 0 Å². The smallest absolute Gasteiger partial charge is 0.233 e. The molecule has 0 saturated carbocycles. The number of halogens is 1. The van der Waals surface area contributed by atoms with E-state index in [-0.39, 0.29) is 5.75 Å². The summed E-state index contributed by atoms with van der Waals surface area (Å²) in [6.45, 7) is 1.81. The van der Waals surface area contributed by atoms with Crippen LogP contribution in [0.1, 0.15) is 18.5 Å². The van der Waals surface area contributed by atoms with Gasteiger partial charge in [0.25, 0.3) is 0 Å². The molecule has 0 saturated heterocycles. The lowest BCUT2D eigenvalue weighted by molar-refractivity contribution is 0.598. The van der Waals surface area contributed by atoms with E-state index in [1.165, 1.54) is 0 Å². The highest BCUT2D eigenvalue weighted by Crippen LogP contribution is 2.07. The third-order valence-corrected chi connectivity index (χ3v) is 3.56. The number of rotatable bonds is 6. The molecule has 0 aromatic carbocycles. The molecule has 16 heavy (non-hydrogen) atoms. The second-order valence-electron chi connectivity index (χ2n) is 3.48. The van der Waals surface area contributed by atoms with Gasteiger partial charge in [0, 0.05) is 11.6 Å². The molecular formula is C10H15ClN2O2S. The molecule has 0 atom stereocenters. The SMILES string of the molecule is Cc1cccc(NS(=O)(=O)CCCCCl)n1. The van der Waals surface area contributed by atoms with Gasteiger partial charge in [0.05, 0.1) is 5.75 Å². The summed E-state index contributed by atoms with van der Waals surface area (Å²) < 4.78 is 25.6. The van der Waals surface area contributed by atoms with E-state index in [1.54, 1.807) is 12.1 Å². The average Bonchev–Trinajstić information content (AvgIpc) is 2.17. The summed E-state index contributed by atoms with van der Waals surface area (Å²) in [7, 11) is -3.29. The van der Waals surface area contributed by atoms with Crippen LogP contribution in [0.25, 0.3) is 0 Å². The van der Waals surface area contributed by atoms with Gasteiger partial charge in [-0.2, -0.15) is 0 Å². The molecule has 0 aliphatic carbocycles. The third-order valence-electron chi connectivity index (χ3n) is 1.95. The molecular weight excluding hydrogens is 248 g/mol. The van der Waals surface area contributed by atoms with Crippen molar-refractivity contribution in [3.8, 4) is 0 Å². The molecule has 0 radical (unpaired) electrons. The molecule has 0 bridgehead atoms. The predicted octanol–water partition coefficient (Wildman–Crippen LogP) is 2.15. The van der Waals surface area contributed by atoms with Crippen LogP contribution >= 0.6 is 11.6 Å². The molecule has 0 fully saturated rings. The Bertz CT molecular complexity index is 434. The first-order chi connectivity index (χ1) is 7.53. The number of aryl methyl sites for hydroxylation is 1. The fraction of sp³-hybridized carbons (Fsp3) is 0.500. The number of unbranched alkanes of at least 4 members (excludes halogenated alkanes) is 1. The summed E-state index contributed by atoms with van der Waals surface area (Å²) in [6, 6.07) is 5.20. The van der Waals surface area contributed by atoms with E-state index in [2.05, 4.69) is 9.71 Å². The fourth-order valence-electron chi connectivity index (χ4n) is 1.20. The van der Waals surface area contributed by atoms with Crippen molar-refractivity contribution >= 4 is 27.4 Å². The van der Waals surface area contributed by atoms with Crippen LogP contribution < -0.4 is 4.72 Å². The zero-order valence-electron chi connectivity index (χ0n) is 9.11. The fourth-order valence-corrected chi connectivity index (χ4v) is 2.50. The lowest BCUT2D eigenvalue weighted by Crippen LogP contribution is -2.17. The minimum atomic E-state index is -3.29. The van der Waals surface area contributed by atoms with Crippen molar-refractivity contribution in [2.75, 3.05) is 16.4 Å². The summed E-state index contributed by atoms with van der Waals surface area (Å²) in [5.74, 6) is 0.930. The number of nitrogens with one attached hydrogen (secondary N) is 1. The average molecular weight is 263 g/mol. The number of alkyl halides is 1. The van der Waals surface area contributed by atoms with Crippen molar-refractivity contribution < 1.29 is 8.42 Å². The Hall–Kier alpha value is -0.810. The second-order valence-corrected chi connectivity index (χ2v) is 5.70. The molecule has 4 nitrogen and oxygen atoms in total. The molecule has 1 rings (SSSR count). The van der Waals surface area contributed by atoms with Crippen LogP contribution in [0.4, 0.5) is 5.82 Å². The molecule has 0 unspecified atom stereocenters. The maximum atomic E-state index is 11.6. The first-order valence-corrected chi connectivity index (χ1v) is 7.22. The molecule has 90 valence electrons. The molecule has 1 heterocycles. The summed E-state index contributed by atoms with van der Waals surface area (Å²) in [5, 5.41) is 0. The number of hydrogen-bond donors (Lipinski definition) is 1. The lowest BCUT2D eigenvalue weighted by Gasteiger charge is -2.06.